The monoisotopic (exact) mass is 287 g/mol. The number of carbonyl (C=O) groups is 1. The maximum absolute atomic E-state index is 11.1. The number of nitrogens with two attached hydrogens (primary N) is 1. The molecule has 0 aromatic heterocycles. The van der Waals surface area contributed by atoms with Gasteiger partial charge in [0.05, 0.1) is 11.5 Å². The standard InChI is InChI=1S/C14H13N3O4/c15-14(19)10-4-5-12(13(7-10)17(20)21)16-11-3-1-2-9(6-11)8-18/h1-7,16,18H,8H2,(H2,15,19). The van der Waals surface area contributed by atoms with Gasteiger partial charge in [-0.2, -0.15) is 0 Å². The predicted octanol–water partition coefficient (Wildman–Crippen LogP) is 1.93. The van der Waals surface area contributed by atoms with Gasteiger partial charge in [-0.1, -0.05) is 12.1 Å². The maximum atomic E-state index is 11.1. The highest BCUT2D eigenvalue weighted by atomic mass is 16.6. The van der Waals surface area contributed by atoms with E-state index < -0.39 is 10.8 Å². The number of rotatable bonds is 5. The topological polar surface area (TPSA) is 118 Å². The predicted molar refractivity (Wildman–Crippen MR) is 77.3 cm³/mol. The van der Waals surface area contributed by atoms with E-state index in [0.717, 1.165) is 6.07 Å². The summed E-state index contributed by atoms with van der Waals surface area (Å²) >= 11 is 0. The van der Waals surface area contributed by atoms with Gasteiger partial charge in [-0.15, -0.1) is 0 Å². The number of aliphatic hydroxyl groups is 1. The first kappa shape index (κ1) is 14.5. The van der Waals surface area contributed by atoms with Crippen LogP contribution in [-0.4, -0.2) is 15.9 Å². The molecule has 2 rings (SSSR count). The number of nitrogens with one attached hydrogen (secondary N) is 1. The third-order valence-electron chi connectivity index (χ3n) is 2.87. The average Bonchev–Trinajstić information content (AvgIpc) is 2.47. The van der Waals surface area contributed by atoms with Crippen LogP contribution >= 0.6 is 0 Å². The summed E-state index contributed by atoms with van der Waals surface area (Å²) in [5, 5.41) is 23.1. The largest absolute Gasteiger partial charge is 0.392 e. The second-order valence-corrected chi connectivity index (χ2v) is 4.34. The van der Waals surface area contributed by atoms with Crippen LogP contribution < -0.4 is 11.1 Å². The summed E-state index contributed by atoms with van der Waals surface area (Å²) in [7, 11) is 0. The number of carbonyl (C=O) groups excluding carboxylic acids is 1. The normalized spacial score (nSPS) is 10.1. The van der Waals surface area contributed by atoms with E-state index in [1.54, 1.807) is 24.3 Å². The number of hydrogen-bond donors (Lipinski definition) is 3. The van der Waals surface area contributed by atoms with E-state index in [1.165, 1.54) is 12.1 Å². The summed E-state index contributed by atoms with van der Waals surface area (Å²) in [5.74, 6) is -0.730. The van der Waals surface area contributed by atoms with Crippen molar-refractivity contribution in [2.45, 2.75) is 6.61 Å². The fourth-order valence-electron chi connectivity index (χ4n) is 1.84. The van der Waals surface area contributed by atoms with Crippen LogP contribution in [0.25, 0.3) is 0 Å². The Morgan fingerprint density at radius 3 is 2.67 bits per heavy atom. The molecule has 0 fully saturated rings. The van der Waals surface area contributed by atoms with Crippen LogP contribution in [0.15, 0.2) is 42.5 Å². The number of anilines is 2. The Balaban J connectivity index is 2.38. The van der Waals surface area contributed by atoms with Crippen molar-refractivity contribution in [3.05, 3.63) is 63.7 Å². The summed E-state index contributed by atoms with van der Waals surface area (Å²) in [4.78, 5) is 21.6. The SMILES string of the molecule is NC(=O)c1ccc(Nc2cccc(CO)c2)c([N+](=O)[O-])c1. The lowest BCUT2D eigenvalue weighted by Crippen LogP contribution is -2.11. The molecule has 0 bridgehead atoms. The molecule has 7 heteroatoms. The van der Waals surface area contributed by atoms with Crippen molar-refractivity contribution in [1.82, 2.24) is 0 Å². The fourth-order valence-corrected chi connectivity index (χ4v) is 1.84. The van der Waals surface area contributed by atoms with Crippen LogP contribution in [0.1, 0.15) is 15.9 Å². The Bertz CT molecular complexity index is 700. The number of benzene rings is 2. The highest BCUT2D eigenvalue weighted by Gasteiger charge is 2.16. The Kier molecular flexibility index (Phi) is 4.15. The van der Waals surface area contributed by atoms with E-state index in [9.17, 15) is 14.9 Å². The lowest BCUT2D eigenvalue weighted by molar-refractivity contribution is -0.383. The Morgan fingerprint density at radius 2 is 2.05 bits per heavy atom. The molecule has 0 spiro atoms. The Labute approximate surface area is 120 Å². The number of nitrogens with zero attached hydrogens (tertiary/aromatic N) is 1. The van der Waals surface area contributed by atoms with Gasteiger partial charge in [0.2, 0.25) is 5.91 Å². The molecule has 1 amide bonds. The fraction of sp³-hybridized carbons (Fsp3) is 0.0714. The highest BCUT2D eigenvalue weighted by Crippen LogP contribution is 2.28. The molecular weight excluding hydrogens is 274 g/mol. The third-order valence-corrected chi connectivity index (χ3v) is 2.87. The number of nitro benzene ring substituents is 1. The number of hydrogen-bond acceptors (Lipinski definition) is 5. The van der Waals surface area contributed by atoms with Gasteiger partial charge in [0.25, 0.3) is 5.69 Å². The first-order valence-corrected chi connectivity index (χ1v) is 6.06. The quantitative estimate of drug-likeness (QED) is 0.573. The molecule has 0 unspecified atom stereocenters. The van der Waals surface area contributed by atoms with Crippen molar-refractivity contribution < 1.29 is 14.8 Å². The second kappa shape index (κ2) is 6.02. The minimum Gasteiger partial charge on any atom is -0.392 e. The molecule has 0 radical (unpaired) electrons. The van der Waals surface area contributed by atoms with Gasteiger partial charge in [-0.25, -0.2) is 0 Å². The molecule has 0 aliphatic heterocycles. The molecule has 0 aliphatic rings. The van der Waals surface area contributed by atoms with Gasteiger partial charge in [0.1, 0.15) is 5.69 Å². The smallest absolute Gasteiger partial charge is 0.293 e. The number of nitro groups is 1. The first-order valence-electron chi connectivity index (χ1n) is 6.06. The Morgan fingerprint density at radius 1 is 1.29 bits per heavy atom. The molecule has 108 valence electrons. The van der Waals surface area contributed by atoms with E-state index in [-0.39, 0.29) is 23.5 Å². The summed E-state index contributed by atoms with van der Waals surface area (Å²) in [6, 6.07) is 10.8. The van der Waals surface area contributed by atoms with Crippen LogP contribution in [0.3, 0.4) is 0 Å². The summed E-state index contributed by atoms with van der Waals surface area (Å²) in [6.45, 7) is -0.127. The van der Waals surface area contributed by atoms with Crippen LogP contribution in [0, 0.1) is 10.1 Å². The van der Waals surface area contributed by atoms with Crippen LogP contribution in [-0.2, 0) is 6.61 Å². The molecule has 2 aromatic rings. The zero-order chi connectivity index (χ0) is 15.4. The van der Waals surface area contributed by atoms with E-state index in [4.69, 9.17) is 10.8 Å². The van der Waals surface area contributed by atoms with Gasteiger partial charge in [-0.3, -0.25) is 14.9 Å². The third kappa shape index (κ3) is 3.34. The van der Waals surface area contributed by atoms with E-state index in [2.05, 4.69) is 5.32 Å². The van der Waals surface area contributed by atoms with Crippen molar-refractivity contribution in [1.29, 1.82) is 0 Å². The molecular formula is C14H13N3O4. The van der Waals surface area contributed by atoms with Crippen molar-refractivity contribution in [2.75, 3.05) is 5.32 Å². The van der Waals surface area contributed by atoms with Gasteiger partial charge in [-0.05, 0) is 29.8 Å². The van der Waals surface area contributed by atoms with Gasteiger partial charge in [0, 0.05) is 17.3 Å². The molecule has 4 N–H and O–H groups in total. The van der Waals surface area contributed by atoms with E-state index in [0.29, 0.717) is 11.3 Å². The second-order valence-electron chi connectivity index (χ2n) is 4.34. The Hall–Kier alpha value is -2.93. The van der Waals surface area contributed by atoms with Gasteiger partial charge in [0.15, 0.2) is 0 Å². The van der Waals surface area contributed by atoms with Crippen molar-refractivity contribution in [3.8, 4) is 0 Å². The zero-order valence-corrected chi connectivity index (χ0v) is 10.9. The van der Waals surface area contributed by atoms with E-state index >= 15 is 0 Å². The first-order chi connectivity index (χ1) is 10.0. The molecule has 7 nitrogen and oxygen atoms in total. The molecule has 0 atom stereocenters. The van der Waals surface area contributed by atoms with Crippen molar-refractivity contribution >= 4 is 23.0 Å². The number of amides is 1. The zero-order valence-electron chi connectivity index (χ0n) is 10.9. The molecule has 2 aromatic carbocycles. The maximum Gasteiger partial charge on any atom is 0.293 e. The minimum atomic E-state index is -0.730. The molecule has 0 heterocycles. The molecule has 21 heavy (non-hydrogen) atoms. The lowest BCUT2D eigenvalue weighted by atomic mass is 10.1. The van der Waals surface area contributed by atoms with Crippen LogP contribution in [0.2, 0.25) is 0 Å². The highest BCUT2D eigenvalue weighted by molar-refractivity contribution is 5.94. The lowest BCUT2D eigenvalue weighted by Gasteiger charge is -2.09. The molecule has 0 aliphatic carbocycles. The molecule has 0 saturated heterocycles. The summed E-state index contributed by atoms with van der Waals surface area (Å²) in [6.07, 6.45) is 0. The van der Waals surface area contributed by atoms with Crippen LogP contribution in [0.4, 0.5) is 17.1 Å². The average molecular weight is 287 g/mol. The van der Waals surface area contributed by atoms with Gasteiger partial charge >= 0.3 is 0 Å². The summed E-state index contributed by atoms with van der Waals surface area (Å²) in [5.41, 5.74) is 6.44. The number of primary amides is 1. The van der Waals surface area contributed by atoms with Crippen molar-refractivity contribution in [3.63, 3.8) is 0 Å². The number of aliphatic hydroxyl groups excluding tert-OH is 1. The van der Waals surface area contributed by atoms with Crippen molar-refractivity contribution in [2.24, 2.45) is 5.73 Å². The van der Waals surface area contributed by atoms with Gasteiger partial charge < -0.3 is 16.2 Å². The molecule has 0 saturated carbocycles. The minimum absolute atomic E-state index is 0.0661. The summed E-state index contributed by atoms with van der Waals surface area (Å²) < 4.78 is 0. The van der Waals surface area contributed by atoms with Crippen LogP contribution in [0.5, 0.6) is 0 Å². The van der Waals surface area contributed by atoms with E-state index in [1.807, 2.05) is 0 Å².